The van der Waals surface area contributed by atoms with Crippen LogP contribution in [-0.4, -0.2) is 59.6 Å². The number of nitrogens with zero attached hydrogens (tertiary/aromatic N) is 6. The third-order valence-corrected chi connectivity index (χ3v) is 4.88. The number of aryl methyl sites for hydroxylation is 1. The average Bonchev–Trinajstić information content (AvgIpc) is 2.99. The molecule has 0 radical (unpaired) electrons. The lowest BCUT2D eigenvalue weighted by Crippen LogP contribution is -2.31. The van der Waals surface area contributed by atoms with Gasteiger partial charge in [0.25, 0.3) is 5.56 Å². The molecular weight excluding hydrogens is 359 g/mol. The molecule has 2 aromatic heterocycles. The summed E-state index contributed by atoms with van der Waals surface area (Å²) in [5.74, 6) is 0.683. The van der Waals surface area contributed by atoms with E-state index in [2.05, 4.69) is 9.97 Å². The molecule has 0 amide bonds. The van der Waals surface area contributed by atoms with Gasteiger partial charge in [-0.25, -0.2) is 9.97 Å². The highest BCUT2D eigenvalue weighted by Crippen LogP contribution is 2.33. The summed E-state index contributed by atoms with van der Waals surface area (Å²) >= 11 is 0. The summed E-state index contributed by atoms with van der Waals surface area (Å²) in [5.41, 5.74) is 0.609. The smallest absolute Gasteiger partial charge is 0.324 e. The van der Waals surface area contributed by atoms with Crippen molar-refractivity contribution in [2.75, 3.05) is 25.8 Å². The highest BCUT2D eigenvalue weighted by Gasteiger charge is 2.17. The summed E-state index contributed by atoms with van der Waals surface area (Å²) in [7, 11) is -4.12. The number of fused-ring (bicyclic) bond motifs is 1. The second kappa shape index (κ2) is 8.56. The van der Waals surface area contributed by atoms with Crippen molar-refractivity contribution in [2.45, 2.75) is 33.4 Å². The lowest BCUT2D eigenvalue weighted by molar-refractivity contribution is 0.297. The molecule has 0 aromatic carbocycles. The van der Waals surface area contributed by atoms with Crippen LogP contribution in [-0.2, 0) is 24.1 Å². The van der Waals surface area contributed by atoms with E-state index >= 15 is 0 Å². The van der Waals surface area contributed by atoms with Crippen molar-refractivity contribution in [1.29, 1.82) is 5.26 Å². The van der Waals surface area contributed by atoms with E-state index in [0.717, 1.165) is 0 Å². The quantitative estimate of drug-likeness (QED) is 0.463. The molecule has 0 aliphatic rings. The van der Waals surface area contributed by atoms with Crippen LogP contribution in [0.4, 0.5) is 0 Å². The van der Waals surface area contributed by atoms with Crippen LogP contribution >= 0.6 is 7.60 Å². The summed E-state index contributed by atoms with van der Waals surface area (Å²) in [4.78, 5) is 40.9. The molecule has 10 nitrogen and oxygen atoms in total. The molecule has 2 heterocycles. The number of imidazole rings is 1. The molecule has 0 unspecified atom stereocenters. The Morgan fingerprint density at radius 3 is 2.65 bits per heavy atom. The molecule has 0 atom stereocenters. The minimum absolute atomic E-state index is 0.0584. The monoisotopic (exact) mass is 382 g/mol. The fourth-order valence-corrected chi connectivity index (χ4v) is 3.27. The minimum Gasteiger partial charge on any atom is -0.324 e. The Morgan fingerprint density at radius 1 is 1.35 bits per heavy atom. The molecule has 0 saturated carbocycles. The topological polar surface area (TPSA) is 137 Å². The normalized spacial score (nSPS) is 12.0. The maximum absolute atomic E-state index is 12.5. The first-order valence-electron chi connectivity index (χ1n) is 8.39. The van der Waals surface area contributed by atoms with Gasteiger partial charge in [-0.3, -0.25) is 18.8 Å². The van der Waals surface area contributed by atoms with Gasteiger partial charge in [-0.2, -0.15) is 5.26 Å². The zero-order valence-electron chi connectivity index (χ0n) is 14.9. The van der Waals surface area contributed by atoms with Crippen LogP contribution in [0.15, 0.2) is 11.1 Å². The maximum Gasteiger partial charge on any atom is 0.326 e. The van der Waals surface area contributed by atoms with E-state index in [9.17, 15) is 9.36 Å². The van der Waals surface area contributed by atoms with Crippen molar-refractivity contribution in [2.24, 2.45) is 0 Å². The van der Waals surface area contributed by atoms with E-state index in [0.29, 0.717) is 43.0 Å². The van der Waals surface area contributed by atoms with Crippen LogP contribution in [0.25, 0.3) is 11.2 Å². The van der Waals surface area contributed by atoms with Crippen molar-refractivity contribution in [3.05, 3.63) is 22.5 Å². The van der Waals surface area contributed by atoms with Gasteiger partial charge in [0.05, 0.1) is 25.1 Å². The molecule has 0 spiro atoms. The molecule has 0 fully saturated rings. The summed E-state index contributed by atoms with van der Waals surface area (Å²) in [6.07, 6.45) is 1.85. The highest BCUT2D eigenvalue weighted by atomic mass is 31.2. The van der Waals surface area contributed by atoms with E-state index in [-0.39, 0.29) is 24.8 Å². The molecule has 2 N–H and O–H groups in total. The molecule has 0 aliphatic heterocycles. The van der Waals surface area contributed by atoms with E-state index in [1.807, 2.05) is 19.9 Å². The zero-order chi connectivity index (χ0) is 19.3. The maximum atomic E-state index is 12.5. The molecule has 142 valence electrons. The van der Waals surface area contributed by atoms with Crippen molar-refractivity contribution >= 4 is 18.8 Å². The van der Waals surface area contributed by atoms with Gasteiger partial charge in [-0.1, -0.05) is 6.92 Å². The number of nitriles is 1. The van der Waals surface area contributed by atoms with E-state index in [4.69, 9.17) is 15.0 Å². The van der Waals surface area contributed by atoms with Crippen molar-refractivity contribution in [3.63, 3.8) is 0 Å². The lowest BCUT2D eigenvalue weighted by atomic mass is 10.4. The number of hydrogen-bond donors (Lipinski definition) is 2. The van der Waals surface area contributed by atoms with Gasteiger partial charge in [0.15, 0.2) is 11.2 Å². The average molecular weight is 382 g/mol. The summed E-state index contributed by atoms with van der Waals surface area (Å²) in [6, 6.07) is 1.99. The summed E-state index contributed by atoms with van der Waals surface area (Å²) in [5, 5.41) is 8.90. The first kappa shape index (κ1) is 20.3. The van der Waals surface area contributed by atoms with Crippen LogP contribution in [0.1, 0.15) is 19.7 Å². The van der Waals surface area contributed by atoms with Gasteiger partial charge in [0.1, 0.15) is 5.82 Å². The van der Waals surface area contributed by atoms with E-state index in [1.54, 1.807) is 14.0 Å². The first-order valence-corrected chi connectivity index (χ1v) is 10.2. The molecular formula is C15H23N6O4P. The Hall–Kier alpha value is -2.05. The molecule has 0 aliphatic carbocycles. The predicted octanol–water partition coefficient (Wildman–Crippen LogP) is 0.179. The Kier molecular flexibility index (Phi) is 6.67. The minimum atomic E-state index is -4.12. The van der Waals surface area contributed by atoms with Gasteiger partial charge in [-0.15, -0.1) is 0 Å². The molecule has 0 saturated heterocycles. The van der Waals surface area contributed by atoms with Crippen molar-refractivity contribution in [3.8, 4) is 6.07 Å². The van der Waals surface area contributed by atoms with Gasteiger partial charge >= 0.3 is 7.60 Å². The zero-order valence-corrected chi connectivity index (χ0v) is 15.8. The van der Waals surface area contributed by atoms with Gasteiger partial charge in [-0.05, 0) is 6.92 Å². The highest BCUT2D eigenvalue weighted by molar-refractivity contribution is 7.51. The van der Waals surface area contributed by atoms with Crippen LogP contribution in [0.2, 0.25) is 0 Å². The number of hydrogen-bond acceptors (Lipinski definition) is 6. The fraction of sp³-hybridized carbons (Fsp3) is 0.600. The number of rotatable bonds is 9. The Balaban J connectivity index is 2.22. The summed E-state index contributed by atoms with van der Waals surface area (Å²) in [6.45, 7) is 5.30. The predicted molar refractivity (Wildman–Crippen MR) is 95.8 cm³/mol. The Labute approximate surface area is 150 Å². The molecule has 2 rings (SSSR count). The Bertz CT molecular complexity index is 909. The molecule has 2 aromatic rings. The van der Waals surface area contributed by atoms with Crippen LogP contribution in [0.3, 0.4) is 0 Å². The molecule has 26 heavy (non-hydrogen) atoms. The summed E-state index contributed by atoms with van der Waals surface area (Å²) < 4.78 is 14.4. The van der Waals surface area contributed by atoms with Gasteiger partial charge < -0.3 is 14.4 Å². The molecule has 0 bridgehead atoms. The van der Waals surface area contributed by atoms with Crippen molar-refractivity contribution in [1.82, 2.24) is 24.0 Å². The number of aromatic nitrogens is 4. The Morgan fingerprint density at radius 2 is 2.08 bits per heavy atom. The SMILES string of the molecule is CCc1nc2c(ncn2CCN(CC#N)CCP(=O)(O)O)c(=O)n1CC. The van der Waals surface area contributed by atoms with Crippen LogP contribution < -0.4 is 5.56 Å². The van der Waals surface area contributed by atoms with Crippen molar-refractivity contribution < 1.29 is 14.4 Å². The second-order valence-corrected chi connectivity index (χ2v) is 7.64. The van der Waals surface area contributed by atoms with Crippen LogP contribution in [0, 0.1) is 11.3 Å². The van der Waals surface area contributed by atoms with Crippen LogP contribution in [0.5, 0.6) is 0 Å². The third-order valence-electron chi connectivity index (χ3n) is 4.10. The molecule has 11 heteroatoms. The lowest BCUT2D eigenvalue weighted by Gasteiger charge is -2.19. The van der Waals surface area contributed by atoms with Gasteiger partial charge in [0, 0.05) is 32.6 Å². The standard InChI is InChI=1S/C15H23N6O4P/c1-3-12-18-14-13(15(22)21(12)4-2)17-11-20(14)8-7-19(6-5-16)9-10-26(23,24)25/h11H,3-4,6-10H2,1-2H3,(H2,23,24,25). The van der Waals surface area contributed by atoms with E-state index in [1.165, 1.54) is 6.33 Å². The first-order chi connectivity index (χ1) is 12.3. The van der Waals surface area contributed by atoms with E-state index < -0.39 is 7.60 Å². The van der Waals surface area contributed by atoms with Gasteiger partial charge in [0.2, 0.25) is 0 Å². The largest absolute Gasteiger partial charge is 0.326 e. The third kappa shape index (κ3) is 4.77. The second-order valence-electron chi connectivity index (χ2n) is 5.86. The fourth-order valence-electron chi connectivity index (χ4n) is 2.72.